The molecule has 0 bridgehead atoms. The monoisotopic (exact) mass is 370 g/mol. The summed E-state index contributed by atoms with van der Waals surface area (Å²) in [4.78, 5) is 14.0. The van der Waals surface area contributed by atoms with Gasteiger partial charge >= 0.3 is 0 Å². The van der Waals surface area contributed by atoms with Gasteiger partial charge in [0.1, 0.15) is 0 Å². The Morgan fingerprint density at radius 3 is 2.36 bits per heavy atom. The number of halogens is 4. The van der Waals surface area contributed by atoms with Crippen LogP contribution in [0.2, 0.25) is 0 Å². The highest BCUT2D eigenvalue weighted by Gasteiger charge is 2.36. The van der Waals surface area contributed by atoms with Crippen LogP contribution in [0.4, 0.5) is 13.2 Å². The Morgan fingerprint density at radius 2 is 1.72 bits per heavy atom. The number of hydrogen-bond donors (Lipinski definition) is 1. The molecular weight excluding hydrogens is 353 g/mol. The van der Waals surface area contributed by atoms with Crippen molar-refractivity contribution in [2.75, 3.05) is 19.6 Å². The van der Waals surface area contributed by atoms with E-state index in [4.69, 9.17) is 5.73 Å². The second-order valence-corrected chi connectivity index (χ2v) is 5.95. The molecule has 1 heterocycles. The molecule has 2 aromatic rings. The zero-order valence-electron chi connectivity index (χ0n) is 13.3. The third-order valence-corrected chi connectivity index (χ3v) is 4.52. The smallest absolute Gasteiger partial charge is 0.256 e. The van der Waals surface area contributed by atoms with Crippen molar-refractivity contribution in [2.24, 2.45) is 11.7 Å². The zero-order chi connectivity index (χ0) is 17.3. The van der Waals surface area contributed by atoms with Gasteiger partial charge < -0.3 is 10.6 Å². The van der Waals surface area contributed by atoms with Gasteiger partial charge in [0.15, 0.2) is 17.5 Å². The average Bonchev–Trinajstić information content (AvgIpc) is 3.04. The van der Waals surface area contributed by atoms with E-state index in [2.05, 4.69) is 0 Å². The normalized spacial score (nSPS) is 19.6. The molecule has 0 unspecified atom stereocenters. The van der Waals surface area contributed by atoms with Gasteiger partial charge in [0.05, 0.1) is 5.56 Å². The maximum atomic E-state index is 13.9. The first-order valence-electron chi connectivity index (χ1n) is 7.70. The number of carbonyl (C=O) groups excluding carboxylic acids is 1. The lowest BCUT2D eigenvalue weighted by Gasteiger charge is -2.17. The number of nitrogens with zero attached hydrogens (tertiary/aromatic N) is 1. The molecule has 3 rings (SSSR count). The third-order valence-electron chi connectivity index (χ3n) is 4.52. The van der Waals surface area contributed by atoms with E-state index in [-0.39, 0.29) is 24.2 Å². The van der Waals surface area contributed by atoms with Crippen LogP contribution in [-0.4, -0.2) is 30.4 Å². The van der Waals surface area contributed by atoms with Gasteiger partial charge in [0.25, 0.3) is 5.91 Å². The molecule has 3 nitrogen and oxygen atoms in total. The fourth-order valence-electron chi connectivity index (χ4n) is 3.22. The SMILES string of the molecule is Cl.NC[C@@H]1CN(C(=O)c2ccc(F)c(F)c2F)C[C@H]1c1ccccc1. The van der Waals surface area contributed by atoms with Crippen LogP contribution in [0.1, 0.15) is 21.8 Å². The lowest BCUT2D eigenvalue weighted by Crippen LogP contribution is -2.30. The van der Waals surface area contributed by atoms with Crippen molar-refractivity contribution in [1.29, 1.82) is 0 Å². The largest absolute Gasteiger partial charge is 0.338 e. The topological polar surface area (TPSA) is 46.3 Å². The minimum atomic E-state index is -1.63. The van der Waals surface area contributed by atoms with Crippen LogP contribution in [0.5, 0.6) is 0 Å². The van der Waals surface area contributed by atoms with E-state index in [0.29, 0.717) is 19.6 Å². The molecule has 1 aliphatic heterocycles. The summed E-state index contributed by atoms with van der Waals surface area (Å²) in [6.07, 6.45) is 0. The molecule has 0 spiro atoms. The van der Waals surface area contributed by atoms with E-state index in [1.54, 1.807) is 0 Å². The highest BCUT2D eigenvalue weighted by molar-refractivity contribution is 5.94. The van der Waals surface area contributed by atoms with Gasteiger partial charge in [-0.1, -0.05) is 30.3 Å². The van der Waals surface area contributed by atoms with Crippen LogP contribution in [0, 0.1) is 23.4 Å². The molecule has 2 atom stereocenters. The molecule has 7 heteroatoms. The number of likely N-dealkylation sites (tertiary alicyclic amines) is 1. The van der Waals surface area contributed by atoms with Gasteiger partial charge in [0.2, 0.25) is 0 Å². The Hall–Kier alpha value is -2.05. The Bertz CT molecular complexity index is 757. The maximum Gasteiger partial charge on any atom is 0.256 e. The number of nitrogens with two attached hydrogens (primary N) is 1. The molecule has 0 radical (unpaired) electrons. The van der Waals surface area contributed by atoms with E-state index in [1.807, 2.05) is 30.3 Å². The standard InChI is InChI=1S/C18H17F3N2O.ClH/c19-15-7-6-13(16(20)17(15)21)18(24)23-9-12(8-22)14(10-23)11-4-2-1-3-5-11;/h1-7,12,14H,8-10,22H2;1H/t12-,14+;/m1./s1. The van der Waals surface area contributed by atoms with Crippen molar-refractivity contribution in [2.45, 2.75) is 5.92 Å². The second-order valence-electron chi connectivity index (χ2n) is 5.95. The summed E-state index contributed by atoms with van der Waals surface area (Å²) in [6, 6.07) is 11.4. The molecule has 0 saturated carbocycles. The van der Waals surface area contributed by atoms with E-state index in [0.717, 1.165) is 17.7 Å². The van der Waals surface area contributed by atoms with E-state index < -0.39 is 28.9 Å². The summed E-state index contributed by atoms with van der Waals surface area (Å²) in [6.45, 7) is 1.10. The Balaban J connectivity index is 0.00000225. The van der Waals surface area contributed by atoms with Crippen LogP contribution in [-0.2, 0) is 0 Å². The van der Waals surface area contributed by atoms with Crippen molar-refractivity contribution in [3.63, 3.8) is 0 Å². The second kappa shape index (κ2) is 7.89. The molecule has 1 aliphatic rings. The average molecular weight is 371 g/mol. The highest BCUT2D eigenvalue weighted by atomic mass is 35.5. The third kappa shape index (κ3) is 3.65. The first-order valence-corrected chi connectivity index (χ1v) is 7.70. The van der Waals surface area contributed by atoms with Crippen molar-refractivity contribution in [3.05, 3.63) is 71.0 Å². The van der Waals surface area contributed by atoms with Gasteiger partial charge in [-0.05, 0) is 30.2 Å². The van der Waals surface area contributed by atoms with E-state index in [9.17, 15) is 18.0 Å². The first kappa shape index (κ1) is 19.3. The quantitative estimate of drug-likeness (QED) is 0.842. The molecule has 0 aromatic heterocycles. The van der Waals surface area contributed by atoms with Crippen LogP contribution in [0.3, 0.4) is 0 Å². The maximum absolute atomic E-state index is 13.9. The van der Waals surface area contributed by atoms with E-state index in [1.165, 1.54) is 4.90 Å². The predicted octanol–water partition coefficient (Wildman–Crippen LogP) is 3.34. The van der Waals surface area contributed by atoms with Crippen LogP contribution < -0.4 is 5.73 Å². The summed E-state index contributed by atoms with van der Waals surface area (Å²) >= 11 is 0. The molecule has 1 fully saturated rings. The molecular formula is C18H18ClF3N2O. The molecule has 2 aromatic carbocycles. The molecule has 2 N–H and O–H groups in total. The lowest BCUT2D eigenvalue weighted by molar-refractivity contribution is 0.0780. The summed E-state index contributed by atoms with van der Waals surface area (Å²) < 4.78 is 40.3. The molecule has 0 aliphatic carbocycles. The van der Waals surface area contributed by atoms with Crippen molar-refractivity contribution in [1.82, 2.24) is 4.90 Å². The van der Waals surface area contributed by atoms with Crippen molar-refractivity contribution in [3.8, 4) is 0 Å². The summed E-state index contributed by atoms with van der Waals surface area (Å²) in [5, 5.41) is 0. The minimum Gasteiger partial charge on any atom is -0.338 e. The number of benzene rings is 2. The van der Waals surface area contributed by atoms with Gasteiger partial charge in [-0.2, -0.15) is 0 Å². The Labute approximate surface area is 150 Å². The first-order chi connectivity index (χ1) is 11.5. The number of carbonyl (C=O) groups is 1. The number of hydrogen-bond acceptors (Lipinski definition) is 2. The summed E-state index contributed by atoms with van der Waals surface area (Å²) in [5.74, 6) is -4.98. The zero-order valence-corrected chi connectivity index (χ0v) is 14.1. The summed E-state index contributed by atoms with van der Waals surface area (Å²) in [5.41, 5.74) is 6.41. The van der Waals surface area contributed by atoms with Gasteiger partial charge in [-0.15, -0.1) is 12.4 Å². The predicted molar refractivity (Wildman–Crippen MR) is 91.2 cm³/mol. The van der Waals surface area contributed by atoms with E-state index >= 15 is 0 Å². The van der Waals surface area contributed by atoms with Crippen molar-refractivity contribution >= 4 is 18.3 Å². The molecule has 25 heavy (non-hydrogen) atoms. The molecule has 1 amide bonds. The van der Waals surface area contributed by atoms with Gasteiger partial charge in [-0.25, -0.2) is 13.2 Å². The lowest BCUT2D eigenvalue weighted by atomic mass is 9.89. The molecule has 134 valence electrons. The van der Waals surface area contributed by atoms with Crippen molar-refractivity contribution < 1.29 is 18.0 Å². The highest BCUT2D eigenvalue weighted by Crippen LogP contribution is 2.33. The van der Waals surface area contributed by atoms with Gasteiger partial charge in [0, 0.05) is 19.0 Å². The van der Waals surface area contributed by atoms with Crippen LogP contribution in [0.15, 0.2) is 42.5 Å². The number of amides is 1. The van der Waals surface area contributed by atoms with Crippen LogP contribution >= 0.6 is 12.4 Å². The Kier molecular flexibility index (Phi) is 6.08. The minimum absolute atomic E-state index is 0. The van der Waals surface area contributed by atoms with Gasteiger partial charge in [-0.3, -0.25) is 4.79 Å². The fraction of sp³-hybridized carbons (Fsp3) is 0.278. The fourth-order valence-corrected chi connectivity index (χ4v) is 3.22. The molecule has 1 saturated heterocycles. The van der Waals surface area contributed by atoms with Crippen LogP contribution in [0.25, 0.3) is 0 Å². The summed E-state index contributed by atoms with van der Waals surface area (Å²) in [7, 11) is 0. The Morgan fingerprint density at radius 1 is 1.04 bits per heavy atom. The number of rotatable bonds is 3.